The van der Waals surface area contributed by atoms with Crippen molar-refractivity contribution in [2.24, 2.45) is 0 Å². The maximum Gasteiger partial charge on any atom is 0.272 e. The minimum absolute atomic E-state index is 0.172. The fourth-order valence-electron chi connectivity index (χ4n) is 2.16. The minimum Gasteiger partial charge on any atom is -0.399 e. The maximum absolute atomic E-state index is 12.1. The normalized spacial score (nSPS) is 11.2. The van der Waals surface area contributed by atoms with Crippen LogP contribution < -0.4 is 11.1 Å². The maximum atomic E-state index is 12.1. The highest BCUT2D eigenvalue weighted by Gasteiger charge is 2.14. The number of nitrogens with zero attached hydrogens (tertiary/aromatic N) is 2. The topological polar surface area (TPSA) is 87.0 Å². The zero-order chi connectivity index (χ0) is 14.5. The highest BCUT2D eigenvalue weighted by atomic mass is 16.1. The molecule has 0 aliphatic rings. The number of H-pyrrole nitrogens is 1. The van der Waals surface area contributed by atoms with Crippen molar-refractivity contribution in [2.75, 3.05) is 31.9 Å². The van der Waals surface area contributed by atoms with Crippen LogP contribution in [0.25, 0.3) is 10.9 Å². The third kappa shape index (κ3) is 3.08. The molecule has 4 N–H and O–H groups in total. The summed E-state index contributed by atoms with van der Waals surface area (Å²) < 4.78 is 0. The van der Waals surface area contributed by atoms with E-state index in [-0.39, 0.29) is 5.91 Å². The number of nitrogens with one attached hydrogen (secondary N) is 2. The van der Waals surface area contributed by atoms with Crippen LogP contribution in [0.1, 0.15) is 24.3 Å². The summed E-state index contributed by atoms with van der Waals surface area (Å²) in [6, 6.07) is 5.37. The second kappa shape index (κ2) is 6.38. The number of carbonyl (C=O) groups is 1. The van der Waals surface area contributed by atoms with Gasteiger partial charge in [0, 0.05) is 24.2 Å². The lowest BCUT2D eigenvalue weighted by atomic mass is 10.2. The molecule has 1 aromatic carbocycles. The molecule has 2 aromatic rings. The first-order valence-corrected chi connectivity index (χ1v) is 6.89. The minimum atomic E-state index is -0.172. The van der Waals surface area contributed by atoms with Crippen molar-refractivity contribution in [1.29, 1.82) is 0 Å². The fraction of sp³-hybridized carbons (Fsp3) is 0.429. The van der Waals surface area contributed by atoms with E-state index in [1.807, 2.05) is 6.07 Å². The number of aromatic amines is 1. The molecule has 1 amide bonds. The first-order chi connectivity index (χ1) is 9.65. The molecule has 2 rings (SSSR count). The SMILES string of the molecule is CCN(CC)CCNC(=O)c1n[nH]c2ccc(N)cc12. The van der Waals surface area contributed by atoms with Gasteiger partial charge in [0.2, 0.25) is 0 Å². The van der Waals surface area contributed by atoms with E-state index in [0.29, 0.717) is 17.9 Å². The number of likely N-dealkylation sites (N-methyl/N-ethyl adjacent to an activating group) is 1. The smallest absolute Gasteiger partial charge is 0.272 e. The van der Waals surface area contributed by atoms with Crippen LogP contribution in [-0.4, -0.2) is 47.2 Å². The van der Waals surface area contributed by atoms with Crippen molar-refractivity contribution in [3.63, 3.8) is 0 Å². The Morgan fingerprint density at radius 3 is 2.85 bits per heavy atom. The van der Waals surface area contributed by atoms with Gasteiger partial charge in [-0.1, -0.05) is 13.8 Å². The summed E-state index contributed by atoms with van der Waals surface area (Å²) >= 11 is 0. The van der Waals surface area contributed by atoms with Crippen LogP contribution >= 0.6 is 0 Å². The molecule has 0 spiro atoms. The lowest BCUT2D eigenvalue weighted by Crippen LogP contribution is -2.35. The van der Waals surface area contributed by atoms with Crippen molar-refractivity contribution in [3.8, 4) is 0 Å². The molecule has 6 nitrogen and oxygen atoms in total. The number of rotatable bonds is 6. The number of amides is 1. The molecule has 0 aliphatic heterocycles. The number of nitrogen functional groups attached to an aromatic ring is 1. The molecular weight excluding hydrogens is 254 g/mol. The summed E-state index contributed by atoms with van der Waals surface area (Å²) in [4.78, 5) is 14.4. The van der Waals surface area contributed by atoms with Crippen LogP contribution in [0.5, 0.6) is 0 Å². The van der Waals surface area contributed by atoms with Gasteiger partial charge in [-0.2, -0.15) is 5.10 Å². The second-order valence-electron chi connectivity index (χ2n) is 4.66. The largest absolute Gasteiger partial charge is 0.399 e. The van der Waals surface area contributed by atoms with Crippen LogP contribution in [0.4, 0.5) is 5.69 Å². The number of benzene rings is 1. The predicted molar refractivity (Wildman–Crippen MR) is 80.6 cm³/mol. The molecule has 0 unspecified atom stereocenters. The quantitative estimate of drug-likeness (QED) is 0.692. The van der Waals surface area contributed by atoms with Gasteiger partial charge in [0.15, 0.2) is 5.69 Å². The molecule has 108 valence electrons. The van der Waals surface area contributed by atoms with Crippen LogP contribution in [0, 0.1) is 0 Å². The summed E-state index contributed by atoms with van der Waals surface area (Å²) in [5.41, 5.74) is 7.58. The van der Waals surface area contributed by atoms with E-state index in [9.17, 15) is 4.79 Å². The Labute approximate surface area is 118 Å². The molecule has 0 saturated carbocycles. The zero-order valence-electron chi connectivity index (χ0n) is 11.9. The highest BCUT2D eigenvalue weighted by Crippen LogP contribution is 2.18. The number of fused-ring (bicyclic) bond motifs is 1. The molecule has 6 heteroatoms. The molecule has 0 radical (unpaired) electrons. The monoisotopic (exact) mass is 275 g/mol. The Morgan fingerprint density at radius 2 is 2.15 bits per heavy atom. The van der Waals surface area contributed by atoms with Gasteiger partial charge in [0.25, 0.3) is 5.91 Å². The van der Waals surface area contributed by atoms with Crippen molar-refractivity contribution >= 4 is 22.5 Å². The molecule has 20 heavy (non-hydrogen) atoms. The van der Waals surface area contributed by atoms with Crippen molar-refractivity contribution < 1.29 is 4.79 Å². The van der Waals surface area contributed by atoms with E-state index < -0.39 is 0 Å². The Morgan fingerprint density at radius 1 is 1.40 bits per heavy atom. The Hall–Kier alpha value is -2.08. The Kier molecular flexibility index (Phi) is 4.57. The van der Waals surface area contributed by atoms with Gasteiger partial charge in [-0.3, -0.25) is 9.89 Å². The summed E-state index contributed by atoms with van der Waals surface area (Å²) in [6.45, 7) is 7.62. The Balaban J connectivity index is 2.02. The van der Waals surface area contributed by atoms with E-state index in [1.165, 1.54) is 0 Å². The van der Waals surface area contributed by atoms with Crippen LogP contribution in [0.15, 0.2) is 18.2 Å². The lowest BCUT2D eigenvalue weighted by Gasteiger charge is -2.17. The number of hydrogen-bond acceptors (Lipinski definition) is 4. The van der Waals surface area contributed by atoms with Gasteiger partial charge in [-0.25, -0.2) is 0 Å². The van der Waals surface area contributed by atoms with E-state index >= 15 is 0 Å². The lowest BCUT2D eigenvalue weighted by molar-refractivity contribution is 0.0945. The number of anilines is 1. The molecular formula is C14H21N5O. The van der Waals surface area contributed by atoms with Crippen LogP contribution in [-0.2, 0) is 0 Å². The van der Waals surface area contributed by atoms with Gasteiger partial charge in [0.1, 0.15) is 0 Å². The van der Waals surface area contributed by atoms with Gasteiger partial charge in [-0.05, 0) is 31.3 Å². The third-order valence-electron chi connectivity index (χ3n) is 3.41. The summed E-state index contributed by atoms with van der Waals surface area (Å²) in [6.07, 6.45) is 0. The summed E-state index contributed by atoms with van der Waals surface area (Å²) in [5.74, 6) is -0.172. The molecule has 0 bridgehead atoms. The summed E-state index contributed by atoms with van der Waals surface area (Å²) in [5, 5.41) is 10.6. The van der Waals surface area contributed by atoms with Crippen molar-refractivity contribution in [1.82, 2.24) is 20.4 Å². The Bertz CT molecular complexity index is 588. The van der Waals surface area contributed by atoms with Gasteiger partial charge < -0.3 is 16.0 Å². The molecule has 0 atom stereocenters. The molecule has 0 saturated heterocycles. The standard InChI is InChI=1S/C14H21N5O/c1-3-19(4-2)8-7-16-14(20)13-11-9-10(15)5-6-12(11)17-18-13/h5-6,9H,3-4,7-8,15H2,1-2H3,(H,16,20)(H,17,18). The third-order valence-corrected chi connectivity index (χ3v) is 3.41. The first kappa shape index (κ1) is 14.3. The van der Waals surface area contributed by atoms with E-state index in [2.05, 4.69) is 34.3 Å². The van der Waals surface area contributed by atoms with Crippen LogP contribution in [0.3, 0.4) is 0 Å². The van der Waals surface area contributed by atoms with Crippen molar-refractivity contribution in [2.45, 2.75) is 13.8 Å². The molecule has 0 fully saturated rings. The number of carbonyl (C=O) groups excluding carboxylic acids is 1. The zero-order valence-corrected chi connectivity index (χ0v) is 11.9. The summed E-state index contributed by atoms with van der Waals surface area (Å²) in [7, 11) is 0. The van der Waals surface area contributed by atoms with Gasteiger partial charge in [-0.15, -0.1) is 0 Å². The molecule has 1 aromatic heterocycles. The van der Waals surface area contributed by atoms with Gasteiger partial charge in [0.05, 0.1) is 5.52 Å². The molecule has 0 aliphatic carbocycles. The fourth-order valence-corrected chi connectivity index (χ4v) is 2.16. The predicted octanol–water partition coefficient (Wildman–Crippen LogP) is 1.22. The molecule has 1 heterocycles. The number of nitrogens with two attached hydrogens (primary N) is 1. The number of hydrogen-bond donors (Lipinski definition) is 3. The van der Waals surface area contributed by atoms with E-state index in [4.69, 9.17) is 5.73 Å². The van der Waals surface area contributed by atoms with E-state index in [1.54, 1.807) is 12.1 Å². The van der Waals surface area contributed by atoms with Crippen LogP contribution in [0.2, 0.25) is 0 Å². The van der Waals surface area contributed by atoms with Crippen molar-refractivity contribution in [3.05, 3.63) is 23.9 Å². The van der Waals surface area contributed by atoms with Gasteiger partial charge >= 0.3 is 0 Å². The van der Waals surface area contributed by atoms with E-state index in [0.717, 1.165) is 30.5 Å². The second-order valence-corrected chi connectivity index (χ2v) is 4.66. The average molecular weight is 275 g/mol. The first-order valence-electron chi connectivity index (χ1n) is 6.89. The highest BCUT2D eigenvalue weighted by molar-refractivity contribution is 6.05. The average Bonchev–Trinajstić information content (AvgIpc) is 2.86. The number of aromatic nitrogens is 2.